The van der Waals surface area contributed by atoms with Crippen LogP contribution in [0.3, 0.4) is 0 Å². The summed E-state index contributed by atoms with van der Waals surface area (Å²) in [5.74, 6) is -0.772. The predicted molar refractivity (Wildman–Crippen MR) is 115 cm³/mol. The highest BCUT2D eigenvalue weighted by molar-refractivity contribution is 5.92. The van der Waals surface area contributed by atoms with Crippen molar-refractivity contribution in [1.82, 2.24) is 20.4 Å². The number of aliphatic hydroxyl groups is 3. The second kappa shape index (κ2) is 10.4. The molecule has 8 atom stereocenters. The van der Waals surface area contributed by atoms with Gasteiger partial charge in [-0.1, -0.05) is 0 Å². The number of likely N-dealkylation sites (tertiary alicyclic amines) is 1. The molecular formula is C18H30N8O8. The molecule has 34 heavy (non-hydrogen) atoms. The van der Waals surface area contributed by atoms with Crippen molar-refractivity contribution in [3.63, 3.8) is 0 Å². The predicted octanol–water partition coefficient (Wildman–Crippen LogP) is -5.54. The van der Waals surface area contributed by atoms with Crippen molar-refractivity contribution in [2.45, 2.75) is 48.8 Å². The highest BCUT2D eigenvalue weighted by Gasteiger charge is 2.51. The van der Waals surface area contributed by atoms with E-state index in [9.17, 15) is 29.7 Å². The van der Waals surface area contributed by atoms with Crippen LogP contribution in [-0.4, -0.2) is 138 Å². The topological polar surface area (TPSA) is 238 Å². The second-order valence-electron chi connectivity index (χ2n) is 8.18. The van der Waals surface area contributed by atoms with E-state index in [-0.39, 0.29) is 25.0 Å². The van der Waals surface area contributed by atoms with Crippen LogP contribution in [0.25, 0.3) is 0 Å². The number of nitrogens with one attached hydrogen (secondary N) is 2. The summed E-state index contributed by atoms with van der Waals surface area (Å²) in [5, 5.41) is 36.9. The van der Waals surface area contributed by atoms with E-state index < -0.39 is 67.4 Å². The van der Waals surface area contributed by atoms with Crippen LogP contribution in [0, 0.1) is 0 Å². The van der Waals surface area contributed by atoms with E-state index in [1.54, 1.807) is 7.05 Å². The molecule has 16 heteroatoms. The molecule has 2 unspecified atom stereocenters. The molecule has 2 saturated heterocycles. The lowest BCUT2D eigenvalue weighted by molar-refractivity contribution is -0.214. The van der Waals surface area contributed by atoms with E-state index in [1.165, 1.54) is 11.9 Å². The number of primary amides is 1. The van der Waals surface area contributed by atoms with Gasteiger partial charge in [-0.3, -0.25) is 14.6 Å². The molecule has 0 bridgehead atoms. The number of carbonyl (C=O) groups is 3. The Morgan fingerprint density at radius 2 is 2.18 bits per heavy atom. The van der Waals surface area contributed by atoms with Crippen molar-refractivity contribution in [2.75, 3.05) is 33.8 Å². The van der Waals surface area contributed by atoms with E-state index in [0.717, 1.165) is 11.2 Å². The normalized spacial score (nSPS) is 35.4. The molecule has 0 aromatic carbocycles. The summed E-state index contributed by atoms with van der Waals surface area (Å²) in [6.45, 7) is -0.860. The summed E-state index contributed by atoms with van der Waals surface area (Å²) >= 11 is 0. The van der Waals surface area contributed by atoms with Gasteiger partial charge < -0.3 is 56.7 Å². The Balaban J connectivity index is 1.87. The molecule has 0 saturated carbocycles. The number of amides is 3. The van der Waals surface area contributed by atoms with Gasteiger partial charge in [0.2, 0.25) is 11.8 Å². The minimum Gasteiger partial charge on any atom is -0.441 e. The van der Waals surface area contributed by atoms with Gasteiger partial charge in [-0.25, -0.2) is 9.79 Å². The number of hydrogen-bond acceptors (Lipinski definition) is 12. The number of β-amino-alcohol motifs (C(OH)–C–C–N with tert-alkyl or cyclic N) is 1. The lowest BCUT2D eigenvalue weighted by Crippen LogP contribution is -2.70. The molecule has 190 valence electrons. The third-order valence-electron chi connectivity index (χ3n) is 5.98. The first-order valence-corrected chi connectivity index (χ1v) is 10.5. The van der Waals surface area contributed by atoms with Crippen molar-refractivity contribution in [3.8, 4) is 0 Å². The molecule has 3 amide bonds. The Morgan fingerprint density at radius 3 is 2.79 bits per heavy atom. The molecule has 16 nitrogen and oxygen atoms in total. The Bertz CT molecular complexity index is 856. The molecule has 0 radical (unpaired) electrons. The van der Waals surface area contributed by atoms with Crippen molar-refractivity contribution < 1.29 is 39.2 Å². The molecule has 3 heterocycles. The third kappa shape index (κ3) is 4.98. The number of rotatable bonds is 6. The average molecular weight is 486 g/mol. The number of piperidine rings is 1. The molecule has 3 rings (SSSR count). The fraction of sp³-hybridized carbons (Fsp3) is 0.722. The van der Waals surface area contributed by atoms with Gasteiger partial charge in [0.15, 0.2) is 24.3 Å². The molecule has 2 fully saturated rings. The maximum absolute atomic E-state index is 12.6. The Kier molecular flexibility index (Phi) is 7.75. The SMILES string of the molecule is CN1C[C@@H](O)C2NC(N[C@@H]3O[C@H](CO)[C@H](OC(N)=O)[C@@H](O)[C@H]3N(C)C(=O)CN=CN)=NC2C1=O. The number of carbonyl (C=O) groups excluding carboxylic acids is 3. The van der Waals surface area contributed by atoms with Gasteiger partial charge in [0, 0.05) is 20.6 Å². The number of aliphatic imine (C=N–C) groups is 2. The van der Waals surface area contributed by atoms with Gasteiger partial charge in [-0.15, -0.1) is 0 Å². The largest absolute Gasteiger partial charge is 0.441 e. The first kappa shape index (κ1) is 25.4. The Hall–Kier alpha value is -3.21. The molecule has 3 aliphatic rings. The molecule has 3 aliphatic heterocycles. The maximum Gasteiger partial charge on any atom is 0.404 e. The number of hydrogen-bond donors (Lipinski definition) is 7. The second-order valence-corrected chi connectivity index (χ2v) is 8.18. The maximum atomic E-state index is 12.6. The van der Waals surface area contributed by atoms with Crippen LogP contribution in [0.2, 0.25) is 0 Å². The van der Waals surface area contributed by atoms with E-state index in [2.05, 4.69) is 20.6 Å². The highest BCUT2D eigenvalue weighted by Crippen LogP contribution is 2.27. The van der Waals surface area contributed by atoms with Crippen LogP contribution < -0.4 is 22.1 Å². The average Bonchev–Trinajstić information content (AvgIpc) is 3.21. The Morgan fingerprint density at radius 1 is 1.47 bits per heavy atom. The standard InChI is InChI=1S/C18H30N8O8/c1-25-4-7(28)10-11(16(25)31)23-18(22-10)24-15-12(26(2)9(29)3-21-6-19)13(30)14(34-17(20)32)8(5-27)33-15/h6-8,10-15,27-28,30H,3-5H2,1-2H3,(H2,19,21)(H2,20,32)(H2,22,23,24)/t7-,8-,10?,11?,12-,13+,14+,15-/m1/s1. The molecule has 0 aromatic rings. The number of likely N-dealkylation sites (N-methyl/N-ethyl adjacent to an activating group) is 2. The van der Waals surface area contributed by atoms with Crippen molar-refractivity contribution in [3.05, 3.63) is 0 Å². The quantitative estimate of drug-likeness (QED) is 0.138. The van der Waals surface area contributed by atoms with Gasteiger partial charge in [-0.2, -0.15) is 0 Å². The van der Waals surface area contributed by atoms with Crippen molar-refractivity contribution >= 4 is 30.2 Å². The van der Waals surface area contributed by atoms with Gasteiger partial charge in [0.25, 0.3) is 0 Å². The van der Waals surface area contributed by atoms with Gasteiger partial charge in [0.05, 0.1) is 25.1 Å². The van der Waals surface area contributed by atoms with Crippen LogP contribution in [0.15, 0.2) is 9.98 Å². The van der Waals surface area contributed by atoms with Crippen LogP contribution in [0.4, 0.5) is 4.79 Å². The zero-order valence-corrected chi connectivity index (χ0v) is 18.6. The van der Waals surface area contributed by atoms with Crippen LogP contribution in [0.5, 0.6) is 0 Å². The zero-order valence-electron chi connectivity index (χ0n) is 18.6. The summed E-state index contributed by atoms with van der Waals surface area (Å²) in [7, 11) is 2.92. The fourth-order valence-electron chi connectivity index (χ4n) is 4.26. The first-order chi connectivity index (χ1) is 16.1. The zero-order chi connectivity index (χ0) is 25.2. The summed E-state index contributed by atoms with van der Waals surface area (Å²) in [4.78, 5) is 46.8. The van der Waals surface area contributed by atoms with E-state index in [4.69, 9.17) is 20.9 Å². The number of nitrogens with two attached hydrogens (primary N) is 2. The smallest absolute Gasteiger partial charge is 0.404 e. The molecule has 9 N–H and O–H groups in total. The molecule has 0 aliphatic carbocycles. The summed E-state index contributed by atoms with van der Waals surface area (Å²) < 4.78 is 10.8. The van der Waals surface area contributed by atoms with E-state index in [1.807, 2.05) is 0 Å². The van der Waals surface area contributed by atoms with Crippen LogP contribution in [0.1, 0.15) is 0 Å². The number of fused-ring (bicyclic) bond motifs is 1. The number of nitrogens with zero attached hydrogens (tertiary/aromatic N) is 4. The summed E-state index contributed by atoms with van der Waals surface area (Å²) in [6.07, 6.45) is -6.47. The fourth-order valence-corrected chi connectivity index (χ4v) is 4.26. The summed E-state index contributed by atoms with van der Waals surface area (Å²) in [6, 6.07) is -2.75. The summed E-state index contributed by atoms with van der Waals surface area (Å²) in [5.41, 5.74) is 10.3. The number of guanidine groups is 1. The third-order valence-corrected chi connectivity index (χ3v) is 5.98. The van der Waals surface area contributed by atoms with E-state index >= 15 is 0 Å². The van der Waals surface area contributed by atoms with Crippen LogP contribution in [-0.2, 0) is 19.1 Å². The molecule has 0 spiro atoms. The molecule has 0 aromatic heterocycles. The van der Waals surface area contributed by atoms with Crippen molar-refractivity contribution in [1.29, 1.82) is 0 Å². The number of ether oxygens (including phenoxy) is 2. The monoisotopic (exact) mass is 486 g/mol. The first-order valence-electron chi connectivity index (χ1n) is 10.5. The Labute approximate surface area is 194 Å². The minimum atomic E-state index is -1.55. The lowest BCUT2D eigenvalue weighted by Gasteiger charge is -2.46. The van der Waals surface area contributed by atoms with Gasteiger partial charge in [0.1, 0.15) is 24.8 Å². The van der Waals surface area contributed by atoms with E-state index in [0.29, 0.717) is 0 Å². The minimum absolute atomic E-state index is 0.0756. The van der Waals surface area contributed by atoms with Crippen LogP contribution >= 0.6 is 0 Å². The lowest BCUT2D eigenvalue weighted by atomic mass is 9.94. The van der Waals surface area contributed by atoms with Gasteiger partial charge in [-0.05, 0) is 0 Å². The molecular weight excluding hydrogens is 456 g/mol. The number of aliphatic hydroxyl groups excluding tert-OH is 3. The highest BCUT2D eigenvalue weighted by atomic mass is 16.6. The van der Waals surface area contributed by atoms with Gasteiger partial charge >= 0.3 is 6.09 Å². The van der Waals surface area contributed by atoms with Crippen molar-refractivity contribution in [2.24, 2.45) is 21.5 Å².